The molecule has 0 saturated carbocycles. The van der Waals surface area contributed by atoms with Crippen molar-refractivity contribution in [1.82, 2.24) is 16.2 Å². The van der Waals surface area contributed by atoms with Crippen molar-refractivity contribution in [2.24, 2.45) is 0 Å². The molecule has 0 aromatic heterocycles. The quantitative estimate of drug-likeness (QED) is 0.631. The lowest BCUT2D eigenvalue weighted by atomic mass is 10.2. The van der Waals surface area contributed by atoms with E-state index >= 15 is 0 Å². The van der Waals surface area contributed by atoms with Crippen LogP contribution in [0.15, 0.2) is 11.9 Å². The molecule has 92 valence electrons. The van der Waals surface area contributed by atoms with Gasteiger partial charge in [0.2, 0.25) is 5.91 Å². The van der Waals surface area contributed by atoms with E-state index in [9.17, 15) is 9.59 Å². The Kier molecular flexibility index (Phi) is 5.35. The fourth-order valence-corrected chi connectivity index (χ4v) is 0.699. The number of hydrogen-bond acceptors (Lipinski definition) is 4. The Hall–Kier alpha value is -1.72. The summed E-state index contributed by atoms with van der Waals surface area (Å²) < 4.78 is 4.99. The van der Waals surface area contributed by atoms with Gasteiger partial charge in [0.1, 0.15) is 5.60 Å². The number of hydrazine groups is 1. The van der Waals surface area contributed by atoms with E-state index in [-0.39, 0.29) is 5.91 Å². The van der Waals surface area contributed by atoms with Crippen molar-refractivity contribution >= 4 is 12.0 Å². The number of rotatable bonds is 3. The lowest BCUT2D eigenvalue weighted by Crippen LogP contribution is -2.40. The average Bonchev–Trinajstić information content (AvgIpc) is 2.08. The second-order valence-corrected chi connectivity index (χ2v) is 4.28. The van der Waals surface area contributed by atoms with Crippen LogP contribution < -0.4 is 16.2 Å². The van der Waals surface area contributed by atoms with Gasteiger partial charge in [-0.05, 0) is 27.7 Å². The number of hydrogen-bond donors (Lipinski definition) is 3. The fourth-order valence-electron chi connectivity index (χ4n) is 0.699. The van der Waals surface area contributed by atoms with Crippen LogP contribution in [0.4, 0.5) is 4.79 Å². The van der Waals surface area contributed by atoms with Gasteiger partial charge in [-0.15, -0.1) is 0 Å². The van der Waals surface area contributed by atoms with Gasteiger partial charge >= 0.3 is 6.09 Å². The summed E-state index contributed by atoms with van der Waals surface area (Å²) in [5.41, 5.74) is 4.96. The SMILES string of the molecule is CC(=O)NC=C(C)NNC(=O)OC(C)(C)C. The minimum atomic E-state index is -0.580. The Morgan fingerprint density at radius 3 is 2.12 bits per heavy atom. The number of carbonyl (C=O) groups is 2. The molecule has 3 N–H and O–H groups in total. The molecule has 0 aliphatic rings. The summed E-state index contributed by atoms with van der Waals surface area (Å²) in [6.45, 7) is 8.39. The molecule has 6 nitrogen and oxygen atoms in total. The van der Waals surface area contributed by atoms with E-state index in [1.807, 2.05) is 0 Å². The largest absolute Gasteiger partial charge is 0.443 e. The predicted octanol–water partition coefficient (Wildman–Crippen LogP) is 1.01. The first kappa shape index (κ1) is 14.3. The lowest BCUT2D eigenvalue weighted by molar-refractivity contribution is -0.118. The predicted molar refractivity (Wildman–Crippen MR) is 60.1 cm³/mol. The molecule has 0 aromatic rings. The van der Waals surface area contributed by atoms with E-state index in [1.54, 1.807) is 27.7 Å². The third-order valence-corrected chi connectivity index (χ3v) is 1.25. The Morgan fingerprint density at radius 2 is 1.69 bits per heavy atom. The third-order valence-electron chi connectivity index (χ3n) is 1.25. The van der Waals surface area contributed by atoms with Crippen LogP contribution in [-0.4, -0.2) is 17.6 Å². The van der Waals surface area contributed by atoms with Crippen LogP contribution >= 0.6 is 0 Å². The van der Waals surface area contributed by atoms with Crippen LogP contribution in [0.5, 0.6) is 0 Å². The minimum absolute atomic E-state index is 0.182. The fraction of sp³-hybridized carbons (Fsp3) is 0.600. The zero-order valence-corrected chi connectivity index (χ0v) is 10.3. The molecule has 0 saturated heterocycles. The van der Waals surface area contributed by atoms with Crippen molar-refractivity contribution in [3.8, 4) is 0 Å². The van der Waals surface area contributed by atoms with Crippen molar-refractivity contribution in [1.29, 1.82) is 0 Å². The van der Waals surface area contributed by atoms with E-state index in [2.05, 4.69) is 16.2 Å². The van der Waals surface area contributed by atoms with Crippen LogP contribution in [0.3, 0.4) is 0 Å². The molecule has 0 heterocycles. The molecule has 2 amide bonds. The summed E-state index contributed by atoms with van der Waals surface area (Å²) in [6.07, 6.45) is 0.864. The molecule has 0 aromatic carbocycles. The Balaban J connectivity index is 3.92. The molecule has 0 radical (unpaired) electrons. The maximum Gasteiger partial charge on any atom is 0.426 e. The van der Waals surface area contributed by atoms with Gasteiger partial charge in [0, 0.05) is 18.8 Å². The van der Waals surface area contributed by atoms with Gasteiger partial charge in [0.15, 0.2) is 0 Å². The molecule has 6 heteroatoms. The van der Waals surface area contributed by atoms with Gasteiger partial charge in [-0.3, -0.25) is 10.2 Å². The Labute approximate surface area is 95.4 Å². The summed E-state index contributed by atoms with van der Waals surface area (Å²) in [5.74, 6) is -0.182. The van der Waals surface area contributed by atoms with Crippen molar-refractivity contribution in [3.63, 3.8) is 0 Å². The Morgan fingerprint density at radius 1 is 1.12 bits per heavy atom. The second-order valence-electron chi connectivity index (χ2n) is 4.28. The normalized spacial score (nSPS) is 11.7. The summed E-state index contributed by atoms with van der Waals surface area (Å²) in [5, 5.41) is 2.46. The molecule has 0 spiro atoms. The van der Waals surface area contributed by atoms with Gasteiger partial charge in [-0.25, -0.2) is 10.2 Å². The van der Waals surface area contributed by atoms with Crippen LogP contribution in [0, 0.1) is 0 Å². The summed E-state index contributed by atoms with van der Waals surface area (Å²) in [6, 6.07) is 0. The van der Waals surface area contributed by atoms with Crippen molar-refractivity contribution in [3.05, 3.63) is 11.9 Å². The van der Waals surface area contributed by atoms with E-state index in [4.69, 9.17) is 4.74 Å². The summed E-state index contributed by atoms with van der Waals surface area (Å²) in [4.78, 5) is 21.8. The van der Waals surface area contributed by atoms with Crippen LogP contribution in [0.25, 0.3) is 0 Å². The van der Waals surface area contributed by atoms with Gasteiger partial charge in [-0.1, -0.05) is 0 Å². The highest BCUT2D eigenvalue weighted by molar-refractivity contribution is 5.74. The average molecular weight is 229 g/mol. The van der Waals surface area contributed by atoms with Crippen molar-refractivity contribution < 1.29 is 14.3 Å². The highest BCUT2D eigenvalue weighted by atomic mass is 16.6. The second kappa shape index (κ2) is 5.99. The molecule has 0 bridgehead atoms. The molecule has 0 aliphatic carbocycles. The van der Waals surface area contributed by atoms with Gasteiger partial charge in [0.25, 0.3) is 0 Å². The van der Waals surface area contributed by atoms with Gasteiger partial charge in [0.05, 0.1) is 0 Å². The number of carbonyl (C=O) groups excluding carboxylic acids is 2. The first-order valence-electron chi connectivity index (χ1n) is 4.89. The number of allylic oxidation sites excluding steroid dienone is 1. The number of nitrogens with one attached hydrogen (secondary N) is 3. The molecule has 16 heavy (non-hydrogen) atoms. The van der Waals surface area contributed by atoms with Crippen LogP contribution in [-0.2, 0) is 9.53 Å². The monoisotopic (exact) mass is 229 g/mol. The van der Waals surface area contributed by atoms with E-state index < -0.39 is 11.7 Å². The molecular formula is C10H19N3O3. The lowest BCUT2D eigenvalue weighted by Gasteiger charge is -2.20. The van der Waals surface area contributed by atoms with Gasteiger partial charge in [-0.2, -0.15) is 0 Å². The number of amides is 2. The van der Waals surface area contributed by atoms with E-state index in [0.717, 1.165) is 0 Å². The highest BCUT2D eigenvalue weighted by Crippen LogP contribution is 2.05. The van der Waals surface area contributed by atoms with Crippen LogP contribution in [0.1, 0.15) is 34.6 Å². The van der Waals surface area contributed by atoms with E-state index in [1.165, 1.54) is 13.1 Å². The van der Waals surface area contributed by atoms with Crippen LogP contribution in [0.2, 0.25) is 0 Å². The zero-order valence-electron chi connectivity index (χ0n) is 10.3. The van der Waals surface area contributed by atoms with E-state index in [0.29, 0.717) is 5.70 Å². The first-order valence-corrected chi connectivity index (χ1v) is 4.89. The zero-order chi connectivity index (χ0) is 12.8. The van der Waals surface area contributed by atoms with Crippen molar-refractivity contribution in [2.75, 3.05) is 0 Å². The smallest absolute Gasteiger partial charge is 0.426 e. The molecule has 0 fully saturated rings. The maximum atomic E-state index is 11.2. The van der Waals surface area contributed by atoms with Gasteiger partial charge < -0.3 is 10.1 Å². The Bertz CT molecular complexity index is 292. The minimum Gasteiger partial charge on any atom is -0.443 e. The number of ether oxygens (including phenoxy) is 1. The molecule has 0 atom stereocenters. The molecule has 0 unspecified atom stereocenters. The maximum absolute atomic E-state index is 11.2. The topological polar surface area (TPSA) is 79.5 Å². The summed E-state index contributed by atoms with van der Waals surface area (Å²) >= 11 is 0. The molecule has 0 aliphatic heterocycles. The highest BCUT2D eigenvalue weighted by Gasteiger charge is 2.15. The standard InChI is InChI=1S/C10H19N3O3/c1-7(6-11-8(2)14)12-13-9(15)16-10(3,4)5/h6,12H,1-5H3,(H,11,14)(H,13,15). The first-order chi connectivity index (χ1) is 7.20. The molecular weight excluding hydrogens is 210 g/mol. The molecule has 0 rings (SSSR count). The third kappa shape index (κ3) is 8.86. The van der Waals surface area contributed by atoms with Crippen molar-refractivity contribution in [2.45, 2.75) is 40.2 Å². The summed E-state index contributed by atoms with van der Waals surface area (Å²) in [7, 11) is 0.